The summed E-state index contributed by atoms with van der Waals surface area (Å²) in [6, 6.07) is 0. The number of rotatable bonds is 5. The molecule has 1 rings (SSSR count). The molecular weight excluding hydrogens is 289 g/mol. The van der Waals surface area contributed by atoms with Gasteiger partial charge in [0.05, 0.1) is 13.7 Å². The normalized spacial score (nSPS) is 11.4. The Morgan fingerprint density at radius 3 is 2.68 bits per heavy atom. The summed E-state index contributed by atoms with van der Waals surface area (Å²) in [4.78, 5) is 18.7. The monoisotopic (exact) mass is 298 g/mol. The van der Waals surface area contributed by atoms with E-state index in [1.165, 1.54) is 7.11 Å². The molecule has 0 aliphatic rings. The Hall–Kier alpha value is -1.41. The summed E-state index contributed by atoms with van der Waals surface area (Å²) >= 11 is 5.72. The number of ether oxygens (including phenoxy) is 2. The van der Waals surface area contributed by atoms with Crippen LogP contribution in [0.2, 0.25) is 5.15 Å². The van der Waals surface area contributed by atoms with Crippen LogP contribution in [0.3, 0.4) is 0 Å². The standard InChI is InChI=1S/C10H10ClF3N2O3/c1-18-9(17)6-4-15-7(16-8(6)11)2-3-19-5-10(12,13)14/h4H,2-3,5H2,1H3. The molecule has 0 N–H and O–H groups in total. The van der Waals surface area contributed by atoms with E-state index in [-0.39, 0.29) is 29.6 Å². The van der Waals surface area contributed by atoms with E-state index in [9.17, 15) is 18.0 Å². The van der Waals surface area contributed by atoms with Gasteiger partial charge in [0.2, 0.25) is 0 Å². The molecule has 1 aromatic rings. The van der Waals surface area contributed by atoms with E-state index >= 15 is 0 Å². The van der Waals surface area contributed by atoms with Crippen molar-refractivity contribution in [2.24, 2.45) is 0 Å². The number of aromatic nitrogens is 2. The number of esters is 1. The molecule has 5 nitrogen and oxygen atoms in total. The zero-order chi connectivity index (χ0) is 14.5. The van der Waals surface area contributed by atoms with E-state index in [2.05, 4.69) is 19.4 Å². The van der Waals surface area contributed by atoms with Crippen LogP contribution in [0, 0.1) is 0 Å². The minimum atomic E-state index is -4.37. The SMILES string of the molecule is COC(=O)c1cnc(CCOCC(F)(F)F)nc1Cl. The smallest absolute Gasteiger partial charge is 0.411 e. The number of hydrogen-bond acceptors (Lipinski definition) is 5. The van der Waals surface area contributed by atoms with Crippen molar-refractivity contribution < 1.29 is 27.4 Å². The highest BCUT2D eigenvalue weighted by molar-refractivity contribution is 6.32. The molecule has 0 amide bonds. The van der Waals surface area contributed by atoms with Gasteiger partial charge in [-0.3, -0.25) is 0 Å². The number of hydrogen-bond donors (Lipinski definition) is 0. The predicted molar refractivity (Wildman–Crippen MR) is 59.0 cm³/mol. The summed E-state index contributed by atoms with van der Waals surface area (Å²) < 4.78 is 44.2. The fraction of sp³-hybridized carbons (Fsp3) is 0.500. The molecule has 0 saturated carbocycles. The maximum atomic E-state index is 11.8. The second kappa shape index (κ2) is 6.67. The van der Waals surface area contributed by atoms with Gasteiger partial charge < -0.3 is 9.47 Å². The molecule has 0 fully saturated rings. The minimum Gasteiger partial charge on any atom is -0.465 e. The Bertz CT molecular complexity index is 454. The van der Waals surface area contributed by atoms with Crippen molar-refractivity contribution >= 4 is 17.6 Å². The topological polar surface area (TPSA) is 61.3 Å². The van der Waals surface area contributed by atoms with E-state index in [1.54, 1.807) is 0 Å². The van der Waals surface area contributed by atoms with E-state index in [0.29, 0.717) is 0 Å². The summed E-state index contributed by atoms with van der Waals surface area (Å²) in [7, 11) is 1.18. The summed E-state index contributed by atoms with van der Waals surface area (Å²) in [5.74, 6) is -0.510. The lowest BCUT2D eigenvalue weighted by Crippen LogP contribution is -2.18. The Balaban J connectivity index is 2.52. The molecular formula is C10H10ClF3N2O3. The summed E-state index contributed by atoms with van der Waals surface area (Å²) in [6.07, 6.45) is -3.16. The number of carbonyl (C=O) groups is 1. The zero-order valence-corrected chi connectivity index (χ0v) is 10.6. The molecule has 1 heterocycles. The van der Waals surface area contributed by atoms with Crippen LogP contribution in [0.5, 0.6) is 0 Å². The first-order chi connectivity index (χ1) is 8.83. The first kappa shape index (κ1) is 15.6. The molecule has 0 aliphatic carbocycles. The molecule has 0 saturated heterocycles. The van der Waals surface area contributed by atoms with Gasteiger partial charge in [-0.25, -0.2) is 14.8 Å². The largest absolute Gasteiger partial charge is 0.465 e. The highest BCUT2D eigenvalue weighted by Crippen LogP contribution is 2.15. The highest BCUT2D eigenvalue weighted by atomic mass is 35.5. The first-order valence-electron chi connectivity index (χ1n) is 5.07. The van der Waals surface area contributed by atoms with Crippen LogP contribution in [0.4, 0.5) is 13.2 Å². The first-order valence-corrected chi connectivity index (χ1v) is 5.45. The fourth-order valence-electron chi connectivity index (χ4n) is 1.11. The lowest BCUT2D eigenvalue weighted by Gasteiger charge is -2.07. The van der Waals surface area contributed by atoms with Crippen LogP contribution in [-0.4, -0.2) is 42.4 Å². The molecule has 9 heteroatoms. The van der Waals surface area contributed by atoms with Crippen LogP contribution in [0.15, 0.2) is 6.20 Å². The maximum Gasteiger partial charge on any atom is 0.411 e. The van der Waals surface area contributed by atoms with Crippen LogP contribution >= 0.6 is 11.6 Å². The van der Waals surface area contributed by atoms with E-state index in [0.717, 1.165) is 6.20 Å². The summed E-state index contributed by atoms with van der Waals surface area (Å²) in [6.45, 7) is -1.53. The van der Waals surface area contributed by atoms with Crippen molar-refractivity contribution in [3.8, 4) is 0 Å². The van der Waals surface area contributed by atoms with Crippen LogP contribution in [-0.2, 0) is 15.9 Å². The Morgan fingerprint density at radius 1 is 1.47 bits per heavy atom. The Morgan fingerprint density at radius 2 is 2.16 bits per heavy atom. The average Bonchev–Trinajstić information content (AvgIpc) is 2.33. The third-order valence-electron chi connectivity index (χ3n) is 1.93. The van der Waals surface area contributed by atoms with Crippen molar-refractivity contribution in [2.75, 3.05) is 20.3 Å². The van der Waals surface area contributed by atoms with Gasteiger partial charge in [-0.15, -0.1) is 0 Å². The molecule has 0 bridgehead atoms. The molecule has 0 unspecified atom stereocenters. The van der Waals surface area contributed by atoms with Crippen molar-refractivity contribution in [3.05, 3.63) is 22.7 Å². The molecule has 1 aromatic heterocycles. The van der Waals surface area contributed by atoms with Crippen LogP contribution in [0.25, 0.3) is 0 Å². The maximum absolute atomic E-state index is 11.8. The molecule has 0 spiro atoms. The summed E-state index contributed by atoms with van der Waals surface area (Å²) in [5, 5.41) is -0.118. The predicted octanol–water partition coefficient (Wildman–Crippen LogP) is 2.04. The lowest BCUT2D eigenvalue weighted by molar-refractivity contribution is -0.173. The Kier molecular flexibility index (Phi) is 5.49. The van der Waals surface area contributed by atoms with Crippen molar-refractivity contribution in [2.45, 2.75) is 12.6 Å². The van der Waals surface area contributed by atoms with Crippen molar-refractivity contribution in [1.82, 2.24) is 9.97 Å². The number of methoxy groups -OCH3 is 1. The van der Waals surface area contributed by atoms with Gasteiger partial charge in [-0.2, -0.15) is 13.2 Å². The van der Waals surface area contributed by atoms with Gasteiger partial charge in [0.15, 0.2) is 0 Å². The molecule has 19 heavy (non-hydrogen) atoms. The van der Waals surface area contributed by atoms with E-state index in [1.807, 2.05) is 0 Å². The van der Waals surface area contributed by atoms with Crippen LogP contribution < -0.4 is 0 Å². The quantitative estimate of drug-likeness (QED) is 0.473. The third-order valence-corrected chi connectivity index (χ3v) is 2.22. The molecule has 0 aromatic carbocycles. The van der Waals surface area contributed by atoms with Gasteiger partial charge in [0.25, 0.3) is 0 Å². The molecule has 0 aliphatic heterocycles. The Labute approximate surface area is 111 Å². The second-order valence-corrected chi connectivity index (χ2v) is 3.76. The number of alkyl halides is 3. The van der Waals surface area contributed by atoms with E-state index in [4.69, 9.17) is 11.6 Å². The molecule has 0 radical (unpaired) electrons. The lowest BCUT2D eigenvalue weighted by atomic mass is 10.3. The van der Waals surface area contributed by atoms with Crippen LogP contribution in [0.1, 0.15) is 16.2 Å². The highest BCUT2D eigenvalue weighted by Gasteiger charge is 2.27. The number of nitrogens with zero attached hydrogens (tertiary/aromatic N) is 2. The second-order valence-electron chi connectivity index (χ2n) is 3.40. The number of halogens is 4. The van der Waals surface area contributed by atoms with Gasteiger partial charge in [-0.1, -0.05) is 11.6 Å². The van der Waals surface area contributed by atoms with Crippen molar-refractivity contribution in [1.29, 1.82) is 0 Å². The average molecular weight is 299 g/mol. The van der Waals surface area contributed by atoms with Gasteiger partial charge >= 0.3 is 12.1 Å². The van der Waals surface area contributed by atoms with E-state index < -0.39 is 18.8 Å². The fourth-order valence-corrected chi connectivity index (χ4v) is 1.34. The van der Waals surface area contributed by atoms with Gasteiger partial charge in [0.1, 0.15) is 23.1 Å². The molecule has 0 atom stereocenters. The van der Waals surface area contributed by atoms with Gasteiger partial charge in [-0.05, 0) is 0 Å². The van der Waals surface area contributed by atoms with Gasteiger partial charge in [0, 0.05) is 12.6 Å². The van der Waals surface area contributed by atoms with Crippen molar-refractivity contribution in [3.63, 3.8) is 0 Å². The minimum absolute atomic E-state index is 0.0101. The zero-order valence-electron chi connectivity index (χ0n) is 9.83. The summed E-state index contributed by atoms with van der Waals surface area (Å²) in [5.41, 5.74) is -0.0101. The number of carbonyl (C=O) groups excluding carboxylic acids is 1. The molecule has 106 valence electrons. The third kappa shape index (κ3) is 5.39.